The van der Waals surface area contributed by atoms with E-state index in [0.29, 0.717) is 18.5 Å². The van der Waals surface area contributed by atoms with Gasteiger partial charge >= 0.3 is 0 Å². The highest BCUT2D eigenvalue weighted by Gasteiger charge is 2.06. The minimum Gasteiger partial charge on any atom is -0.317 e. The molecule has 0 saturated carbocycles. The number of benzene rings is 1. The summed E-state index contributed by atoms with van der Waals surface area (Å²) in [7, 11) is 0. The van der Waals surface area contributed by atoms with E-state index in [1.165, 1.54) is 6.07 Å². The average molecular weight is 227 g/mol. The van der Waals surface area contributed by atoms with Crippen LogP contribution in [0.15, 0.2) is 18.2 Å². The lowest BCUT2D eigenvalue weighted by Gasteiger charge is -2.02. The number of carbonyl (C=O) groups excluding carboxylic acids is 1. The van der Waals surface area contributed by atoms with Crippen molar-refractivity contribution >= 4 is 5.78 Å². The first-order chi connectivity index (χ1) is 7.63. The minimum atomic E-state index is -0.906. The van der Waals surface area contributed by atoms with Crippen molar-refractivity contribution in [3.05, 3.63) is 35.4 Å². The Morgan fingerprint density at radius 1 is 1.31 bits per heavy atom. The molecule has 88 valence electrons. The van der Waals surface area contributed by atoms with E-state index >= 15 is 0 Å². The summed E-state index contributed by atoms with van der Waals surface area (Å²) in [5.74, 6) is -1.77. The van der Waals surface area contributed by atoms with Crippen LogP contribution in [0, 0.1) is 11.6 Å². The van der Waals surface area contributed by atoms with Crippen LogP contribution in [0.1, 0.15) is 18.9 Å². The predicted molar refractivity (Wildman–Crippen MR) is 58.2 cm³/mol. The Hall–Kier alpha value is -1.29. The van der Waals surface area contributed by atoms with Crippen molar-refractivity contribution in [2.75, 3.05) is 13.1 Å². The molecule has 4 heteroatoms. The van der Waals surface area contributed by atoms with Crippen molar-refractivity contribution in [3.63, 3.8) is 0 Å². The lowest BCUT2D eigenvalue weighted by Crippen LogP contribution is -2.18. The van der Waals surface area contributed by atoms with Gasteiger partial charge in [0.25, 0.3) is 0 Å². The molecule has 1 rings (SSSR count). The molecular weight excluding hydrogens is 212 g/mol. The van der Waals surface area contributed by atoms with Crippen LogP contribution in [0.25, 0.3) is 0 Å². The standard InChI is InChI=1S/C12H15F2NO/c1-2-15-6-5-10(16)7-9-3-4-11(13)12(14)8-9/h3-4,8,15H,2,5-7H2,1H3. The van der Waals surface area contributed by atoms with E-state index in [1.807, 2.05) is 6.92 Å². The van der Waals surface area contributed by atoms with Crippen molar-refractivity contribution in [1.82, 2.24) is 5.32 Å². The maximum atomic E-state index is 12.8. The molecule has 0 aliphatic carbocycles. The second-order valence-corrected chi connectivity index (χ2v) is 3.57. The van der Waals surface area contributed by atoms with Gasteiger partial charge in [-0.3, -0.25) is 4.79 Å². The van der Waals surface area contributed by atoms with Gasteiger partial charge < -0.3 is 5.32 Å². The van der Waals surface area contributed by atoms with Gasteiger partial charge in [0, 0.05) is 19.4 Å². The molecular formula is C12H15F2NO. The SMILES string of the molecule is CCNCCC(=O)Cc1ccc(F)c(F)c1. The Balaban J connectivity index is 2.46. The Morgan fingerprint density at radius 2 is 2.06 bits per heavy atom. The number of ketones is 1. The normalized spacial score (nSPS) is 10.4. The van der Waals surface area contributed by atoms with E-state index < -0.39 is 11.6 Å². The first kappa shape index (κ1) is 12.8. The lowest BCUT2D eigenvalue weighted by atomic mass is 10.1. The summed E-state index contributed by atoms with van der Waals surface area (Å²) in [6.45, 7) is 3.40. The van der Waals surface area contributed by atoms with E-state index in [9.17, 15) is 13.6 Å². The summed E-state index contributed by atoms with van der Waals surface area (Å²) in [4.78, 5) is 11.4. The Kier molecular flexibility index (Phi) is 5.05. The van der Waals surface area contributed by atoms with Crippen LogP contribution in [-0.2, 0) is 11.2 Å². The van der Waals surface area contributed by atoms with E-state index in [2.05, 4.69) is 5.32 Å². The van der Waals surface area contributed by atoms with Crippen molar-refractivity contribution in [1.29, 1.82) is 0 Å². The molecule has 0 unspecified atom stereocenters. The van der Waals surface area contributed by atoms with Crippen molar-refractivity contribution in [2.24, 2.45) is 0 Å². The van der Waals surface area contributed by atoms with Crippen molar-refractivity contribution < 1.29 is 13.6 Å². The fourth-order valence-electron chi connectivity index (χ4n) is 1.37. The van der Waals surface area contributed by atoms with Crippen LogP contribution in [0.2, 0.25) is 0 Å². The quantitative estimate of drug-likeness (QED) is 0.754. The van der Waals surface area contributed by atoms with E-state index in [1.54, 1.807) is 0 Å². The number of hydrogen-bond donors (Lipinski definition) is 1. The molecule has 0 fully saturated rings. The molecule has 1 aromatic rings. The van der Waals surface area contributed by atoms with Gasteiger partial charge in [-0.1, -0.05) is 13.0 Å². The molecule has 1 aromatic carbocycles. The number of rotatable bonds is 6. The van der Waals surface area contributed by atoms with E-state index in [-0.39, 0.29) is 12.2 Å². The molecule has 0 atom stereocenters. The molecule has 0 aliphatic heterocycles. The van der Waals surface area contributed by atoms with Crippen LogP contribution in [0.5, 0.6) is 0 Å². The topological polar surface area (TPSA) is 29.1 Å². The molecule has 0 aliphatic rings. The second-order valence-electron chi connectivity index (χ2n) is 3.57. The van der Waals surface area contributed by atoms with Gasteiger partial charge in [0.1, 0.15) is 5.78 Å². The monoisotopic (exact) mass is 227 g/mol. The molecule has 2 nitrogen and oxygen atoms in total. The van der Waals surface area contributed by atoms with Gasteiger partial charge in [-0.2, -0.15) is 0 Å². The number of nitrogens with one attached hydrogen (secondary N) is 1. The Morgan fingerprint density at radius 3 is 2.69 bits per heavy atom. The summed E-state index contributed by atoms with van der Waals surface area (Å²) in [5, 5.41) is 3.03. The van der Waals surface area contributed by atoms with Crippen LogP contribution in [0.3, 0.4) is 0 Å². The number of carbonyl (C=O) groups is 1. The van der Waals surface area contributed by atoms with Gasteiger partial charge in [-0.25, -0.2) is 8.78 Å². The Labute approximate surface area is 93.7 Å². The van der Waals surface area contributed by atoms with Crippen LogP contribution < -0.4 is 5.32 Å². The zero-order valence-corrected chi connectivity index (χ0v) is 9.22. The largest absolute Gasteiger partial charge is 0.317 e. The molecule has 0 spiro atoms. The number of halogens is 2. The van der Waals surface area contributed by atoms with Crippen LogP contribution >= 0.6 is 0 Å². The summed E-state index contributed by atoms with van der Waals surface area (Å²) < 4.78 is 25.5. The summed E-state index contributed by atoms with van der Waals surface area (Å²) in [6.07, 6.45) is 0.565. The fraction of sp³-hybridized carbons (Fsp3) is 0.417. The van der Waals surface area contributed by atoms with E-state index in [0.717, 1.165) is 18.7 Å². The maximum absolute atomic E-state index is 12.8. The van der Waals surface area contributed by atoms with Gasteiger partial charge in [0.2, 0.25) is 0 Å². The molecule has 1 N–H and O–H groups in total. The van der Waals surface area contributed by atoms with Crippen LogP contribution in [-0.4, -0.2) is 18.9 Å². The number of hydrogen-bond acceptors (Lipinski definition) is 2. The average Bonchev–Trinajstić information content (AvgIpc) is 2.24. The molecule has 0 saturated heterocycles. The lowest BCUT2D eigenvalue weighted by molar-refractivity contribution is -0.118. The highest BCUT2D eigenvalue weighted by Crippen LogP contribution is 2.09. The molecule has 0 aromatic heterocycles. The first-order valence-corrected chi connectivity index (χ1v) is 5.29. The zero-order chi connectivity index (χ0) is 12.0. The number of Topliss-reactive ketones (excluding diaryl/α,β-unsaturated/α-hetero) is 1. The predicted octanol–water partition coefficient (Wildman–Crippen LogP) is 2.08. The molecule has 0 heterocycles. The highest BCUT2D eigenvalue weighted by molar-refractivity contribution is 5.81. The van der Waals surface area contributed by atoms with Crippen LogP contribution in [0.4, 0.5) is 8.78 Å². The smallest absolute Gasteiger partial charge is 0.159 e. The third-order valence-corrected chi connectivity index (χ3v) is 2.22. The molecule has 0 bridgehead atoms. The zero-order valence-electron chi connectivity index (χ0n) is 9.22. The van der Waals surface area contributed by atoms with Gasteiger partial charge in [-0.15, -0.1) is 0 Å². The third-order valence-electron chi connectivity index (χ3n) is 2.22. The molecule has 0 amide bonds. The van der Waals surface area contributed by atoms with Crippen molar-refractivity contribution in [3.8, 4) is 0 Å². The minimum absolute atomic E-state index is 0.0203. The van der Waals surface area contributed by atoms with Gasteiger partial charge in [0.15, 0.2) is 11.6 Å². The summed E-state index contributed by atoms with van der Waals surface area (Å²) >= 11 is 0. The fourth-order valence-corrected chi connectivity index (χ4v) is 1.37. The highest BCUT2D eigenvalue weighted by atomic mass is 19.2. The Bertz CT molecular complexity index is 366. The summed E-state index contributed by atoms with van der Waals surface area (Å²) in [6, 6.07) is 3.55. The van der Waals surface area contributed by atoms with Gasteiger partial charge in [0.05, 0.1) is 0 Å². The third kappa shape index (κ3) is 4.06. The summed E-state index contributed by atoms with van der Waals surface area (Å²) in [5.41, 5.74) is 0.514. The first-order valence-electron chi connectivity index (χ1n) is 5.29. The van der Waals surface area contributed by atoms with Gasteiger partial charge in [-0.05, 0) is 24.2 Å². The molecule has 0 radical (unpaired) electrons. The molecule has 16 heavy (non-hydrogen) atoms. The van der Waals surface area contributed by atoms with E-state index in [4.69, 9.17) is 0 Å². The van der Waals surface area contributed by atoms with Crippen molar-refractivity contribution in [2.45, 2.75) is 19.8 Å². The second kappa shape index (κ2) is 6.33. The maximum Gasteiger partial charge on any atom is 0.159 e.